The van der Waals surface area contributed by atoms with E-state index in [9.17, 15) is 0 Å². The smallest absolute Gasteiger partial charge is 0.243 e. The van der Waals surface area contributed by atoms with Gasteiger partial charge in [0, 0.05) is 13.0 Å². The molecule has 92 valence electrons. The average Bonchev–Trinajstić information content (AvgIpc) is 2.75. The van der Waals surface area contributed by atoms with Crippen molar-refractivity contribution in [2.45, 2.75) is 45.6 Å². The fourth-order valence-corrected chi connectivity index (χ4v) is 1.37. The van der Waals surface area contributed by atoms with Gasteiger partial charge in [0.05, 0.1) is 12.6 Å². The molecule has 5 nitrogen and oxygen atoms in total. The molecule has 0 spiro atoms. The van der Waals surface area contributed by atoms with Crippen molar-refractivity contribution >= 4 is 0 Å². The normalized spacial score (nSPS) is 12.9. The van der Waals surface area contributed by atoms with E-state index in [0.717, 1.165) is 19.3 Å². The first-order valence-corrected chi connectivity index (χ1v) is 5.93. The van der Waals surface area contributed by atoms with Gasteiger partial charge in [0.2, 0.25) is 5.89 Å². The second-order valence-electron chi connectivity index (χ2n) is 3.74. The van der Waals surface area contributed by atoms with Gasteiger partial charge in [0.25, 0.3) is 0 Å². The minimum absolute atomic E-state index is 0.131. The van der Waals surface area contributed by atoms with Crippen LogP contribution in [0.25, 0.3) is 0 Å². The molecule has 5 heteroatoms. The molecule has 1 aromatic rings. The maximum absolute atomic E-state index is 5.92. The number of nitrogens with zero attached hydrogens (tertiary/aromatic N) is 2. The van der Waals surface area contributed by atoms with Crippen LogP contribution in [-0.4, -0.2) is 23.4 Å². The Morgan fingerprint density at radius 1 is 1.44 bits per heavy atom. The highest BCUT2D eigenvalue weighted by Crippen LogP contribution is 2.14. The Balaban J connectivity index is 2.37. The molecular formula is C11H21N3O2. The van der Waals surface area contributed by atoms with Crippen LogP contribution >= 0.6 is 0 Å². The van der Waals surface area contributed by atoms with Gasteiger partial charge in [0.1, 0.15) is 0 Å². The third-order valence-corrected chi connectivity index (χ3v) is 2.34. The molecule has 0 radical (unpaired) electrons. The summed E-state index contributed by atoms with van der Waals surface area (Å²) in [5.41, 5.74) is 5.92. The highest BCUT2D eigenvalue weighted by Gasteiger charge is 2.13. The van der Waals surface area contributed by atoms with Gasteiger partial charge < -0.3 is 15.0 Å². The van der Waals surface area contributed by atoms with Gasteiger partial charge in [-0.3, -0.25) is 0 Å². The number of aromatic nitrogens is 2. The third kappa shape index (κ3) is 4.28. The van der Waals surface area contributed by atoms with Gasteiger partial charge in [-0.2, -0.15) is 4.98 Å². The van der Waals surface area contributed by atoms with Crippen LogP contribution in [0.3, 0.4) is 0 Å². The van der Waals surface area contributed by atoms with Gasteiger partial charge >= 0.3 is 0 Å². The van der Waals surface area contributed by atoms with E-state index in [1.807, 2.05) is 6.92 Å². The lowest BCUT2D eigenvalue weighted by Crippen LogP contribution is -2.10. The predicted octanol–water partition coefficient (Wildman–Crippen LogP) is 1.84. The fourth-order valence-electron chi connectivity index (χ4n) is 1.37. The van der Waals surface area contributed by atoms with Crippen LogP contribution in [0.15, 0.2) is 4.52 Å². The van der Waals surface area contributed by atoms with Crippen molar-refractivity contribution in [1.29, 1.82) is 0 Å². The van der Waals surface area contributed by atoms with Crippen molar-refractivity contribution in [3.05, 3.63) is 11.7 Å². The Bertz CT molecular complexity index is 289. The Kier molecular flexibility index (Phi) is 6.03. The molecule has 0 saturated carbocycles. The molecule has 0 fully saturated rings. The molecule has 0 aliphatic carbocycles. The monoisotopic (exact) mass is 227 g/mol. The Labute approximate surface area is 96.4 Å². The first-order valence-electron chi connectivity index (χ1n) is 5.93. The number of hydrogen-bond donors (Lipinski definition) is 1. The molecule has 1 rings (SSSR count). The van der Waals surface area contributed by atoms with Crippen molar-refractivity contribution in [3.63, 3.8) is 0 Å². The van der Waals surface area contributed by atoms with Crippen LogP contribution in [0.5, 0.6) is 0 Å². The zero-order chi connectivity index (χ0) is 11.8. The van der Waals surface area contributed by atoms with Crippen LogP contribution in [-0.2, 0) is 11.2 Å². The number of ether oxygens (including phenoxy) is 1. The van der Waals surface area contributed by atoms with Crippen LogP contribution in [0.2, 0.25) is 0 Å². The largest absolute Gasteiger partial charge is 0.381 e. The number of unbranched alkanes of at least 4 members (excludes halogenated alkanes) is 1. The molecule has 1 unspecified atom stereocenters. The SMILES string of the molecule is CCCCC(N)c1nc(CCOCC)no1. The van der Waals surface area contributed by atoms with Gasteiger partial charge in [-0.05, 0) is 13.3 Å². The van der Waals surface area contributed by atoms with E-state index < -0.39 is 0 Å². The topological polar surface area (TPSA) is 74.2 Å². The Hall–Kier alpha value is -0.940. The molecule has 2 N–H and O–H groups in total. The van der Waals surface area contributed by atoms with Crippen molar-refractivity contribution in [1.82, 2.24) is 10.1 Å². The van der Waals surface area contributed by atoms with E-state index in [1.54, 1.807) is 0 Å². The summed E-state index contributed by atoms with van der Waals surface area (Å²) >= 11 is 0. The molecule has 1 aromatic heterocycles. The molecule has 1 atom stereocenters. The summed E-state index contributed by atoms with van der Waals surface area (Å²) in [7, 11) is 0. The molecule has 0 saturated heterocycles. The van der Waals surface area contributed by atoms with Gasteiger partial charge in [-0.1, -0.05) is 24.9 Å². The maximum atomic E-state index is 5.92. The molecule has 0 amide bonds. The minimum Gasteiger partial charge on any atom is -0.381 e. The summed E-state index contributed by atoms with van der Waals surface area (Å²) in [5.74, 6) is 1.22. The molecule has 1 heterocycles. The summed E-state index contributed by atoms with van der Waals surface area (Å²) < 4.78 is 10.3. The summed E-state index contributed by atoms with van der Waals surface area (Å²) in [4.78, 5) is 4.25. The quantitative estimate of drug-likeness (QED) is 0.686. The number of hydrogen-bond acceptors (Lipinski definition) is 5. The maximum Gasteiger partial charge on any atom is 0.243 e. The van der Waals surface area contributed by atoms with E-state index in [2.05, 4.69) is 17.1 Å². The fraction of sp³-hybridized carbons (Fsp3) is 0.818. The zero-order valence-electron chi connectivity index (χ0n) is 10.1. The highest BCUT2D eigenvalue weighted by molar-refractivity contribution is 4.91. The first-order chi connectivity index (χ1) is 7.77. The Morgan fingerprint density at radius 2 is 2.25 bits per heavy atom. The summed E-state index contributed by atoms with van der Waals surface area (Å²) in [6.45, 7) is 5.43. The molecule has 0 aromatic carbocycles. The number of rotatable bonds is 8. The summed E-state index contributed by atoms with van der Waals surface area (Å²) in [5, 5.41) is 3.87. The van der Waals surface area contributed by atoms with Crippen molar-refractivity contribution in [3.8, 4) is 0 Å². The highest BCUT2D eigenvalue weighted by atomic mass is 16.5. The molecule has 0 aliphatic heterocycles. The van der Waals surface area contributed by atoms with Crippen molar-refractivity contribution < 1.29 is 9.26 Å². The number of nitrogens with two attached hydrogens (primary N) is 1. The van der Waals surface area contributed by atoms with Crippen molar-refractivity contribution in [2.24, 2.45) is 5.73 Å². The standard InChI is InChI=1S/C11H21N3O2/c1-3-5-6-9(12)11-13-10(14-16-11)7-8-15-4-2/h9H,3-8,12H2,1-2H3. The van der Waals surface area contributed by atoms with Gasteiger partial charge in [-0.15, -0.1) is 0 Å². The predicted molar refractivity (Wildman–Crippen MR) is 60.9 cm³/mol. The van der Waals surface area contributed by atoms with E-state index in [0.29, 0.717) is 31.3 Å². The molecule has 16 heavy (non-hydrogen) atoms. The third-order valence-electron chi connectivity index (χ3n) is 2.34. The summed E-state index contributed by atoms with van der Waals surface area (Å²) in [6, 6.07) is -0.131. The van der Waals surface area contributed by atoms with E-state index >= 15 is 0 Å². The van der Waals surface area contributed by atoms with Crippen LogP contribution < -0.4 is 5.73 Å². The van der Waals surface area contributed by atoms with E-state index in [-0.39, 0.29) is 6.04 Å². The lowest BCUT2D eigenvalue weighted by Gasteiger charge is -2.03. The first kappa shape index (κ1) is 13.1. The zero-order valence-corrected chi connectivity index (χ0v) is 10.1. The van der Waals surface area contributed by atoms with Gasteiger partial charge in [-0.25, -0.2) is 0 Å². The second kappa shape index (κ2) is 7.35. The summed E-state index contributed by atoms with van der Waals surface area (Å²) in [6.07, 6.45) is 3.78. The minimum atomic E-state index is -0.131. The second-order valence-corrected chi connectivity index (χ2v) is 3.74. The molecule has 0 bridgehead atoms. The molecular weight excluding hydrogens is 206 g/mol. The van der Waals surface area contributed by atoms with E-state index in [4.69, 9.17) is 15.0 Å². The van der Waals surface area contributed by atoms with Crippen LogP contribution in [0.4, 0.5) is 0 Å². The van der Waals surface area contributed by atoms with Gasteiger partial charge in [0.15, 0.2) is 5.82 Å². The lowest BCUT2D eigenvalue weighted by molar-refractivity contribution is 0.149. The average molecular weight is 227 g/mol. The molecule has 0 aliphatic rings. The van der Waals surface area contributed by atoms with E-state index in [1.165, 1.54) is 0 Å². The van der Waals surface area contributed by atoms with Crippen molar-refractivity contribution in [2.75, 3.05) is 13.2 Å². The van der Waals surface area contributed by atoms with Crippen LogP contribution in [0.1, 0.15) is 50.9 Å². The van der Waals surface area contributed by atoms with Crippen LogP contribution in [0, 0.1) is 0 Å². The Morgan fingerprint density at radius 3 is 2.94 bits per heavy atom. The lowest BCUT2D eigenvalue weighted by atomic mass is 10.1.